The molecule has 0 fully saturated rings. The standard InChI is InChI=1S/C23H27N5O3S/c1-12(2)10-28-22-20(21(30)27(5)23(28)31)19(15-6-7-24-16(8-15)11-29)18(32-22)9-17-13(3)25-26-14(17)4/h6-8,12,29H,9-11H2,1-5H3,(H,25,26). The molecule has 0 aliphatic heterocycles. The lowest BCUT2D eigenvalue weighted by Gasteiger charge is -2.12. The molecule has 4 aromatic heterocycles. The van der Waals surface area contributed by atoms with Crippen molar-refractivity contribution >= 4 is 21.6 Å². The number of rotatable bonds is 6. The number of aliphatic hydroxyl groups is 1. The first-order chi connectivity index (χ1) is 15.2. The summed E-state index contributed by atoms with van der Waals surface area (Å²) < 4.78 is 2.90. The van der Waals surface area contributed by atoms with E-state index in [9.17, 15) is 14.7 Å². The number of aliphatic hydroxyl groups excluding tert-OH is 1. The van der Waals surface area contributed by atoms with Gasteiger partial charge in [-0.2, -0.15) is 5.10 Å². The quantitative estimate of drug-likeness (QED) is 0.467. The van der Waals surface area contributed by atoms with Crippen LogP contribution >= 0.6 is 11.3 Å². The van der Waals surface area contributed by atoms with Gasteiger partial charge in [-0.1, -0.05) is 13.8 Å². The normalized spacial score (nSPS) is 11.7. The molecule has 8 nitrogen and oxygen atoms in total. The van der Waals surface area contributed by atoms with Gasteiger partial charge in [0.05, 0.1) is 23.4 Å². The highest BCUT2D eigenvalue weighted by Gasteiger charge is 2.24. The van der Waals surface area contributed by atoms with Crippen molar-refractivity contribution < 1.29 is 5.11 Å². The van der Waals surface area contributed by atoms with Gasteiger partial charge in [-0.25, -0.2) is 4.79 Å². The second-order valence-corrected chi connectivity index (χ2v) is 9.60. The summed E-state index contributed by atoms with van der Waals surface area (Å²) in [6.07, 6.45) is 2.22. The Morgan fingerprint density at radius 1 is 1.25 bits per heavy atom. The van der Waals surface area contributed by atoms with E-state index in [1.807, 2.05) is 33.8 Å². The number of thiophene rings is 1. The third-order valence-corrected chi connectivity index (χ3v) is 6.89. The molecule has 0 aromatic carbocycles. The maximum atomic E-state index is 13.4. The number of nitrogens with one attached hydrogen (secondary N) is 1. The Balaban J connectivity index is 2.10. The Morgan fingerprint density at radius 3 is 2.62 bits per heavy atom. The molecule has 0 aliphatic carbocycles. The Hall–Kier alpha value is -3.04. The number of aryl methyl sites for hydroxylation is 2. The predicted octanol–water partition coefficient (Wildman–Crippen LogP) is 2.90. The molecule has 0 saturated heterocycles. The minimum atomic E-state index is -0.314. The fourth-order valence-corrected chi connectivity index (χ4v) is 5.37. The minimum Gasteiger partial charge on any atom is -0.390 e. The van der Waals surface area contributed by atoms with E-state index < -0.39 is 0 Å². The van der Waals surface area contributed by atoms with Crippen LogP contribution in [-0.4, -0.2) is 29.4 Å². The molecule has 9 heteroatoms. The van der Waals surface area contributed by atoms with Gasteiger partial charge in [-0.05, 0) is 37.5 Å². The lowest BCUT2D eigenvalue weighted by atomic mass is 9.99. The summed E-state index contributed by atoms with van der Waals surface area (Å²) in [4.78, 5) is 32.2. The van der Waals surface area contributed by atoms with Gasteiger partial charge < -0.3 is 5.11 Å². The molecular formula is C23H27N5O3S. The zero-order valence-corrected chi connectivity index (χ0v) is 19.7. The van der Waals surface area contributed by atoms with E-state index >= 15 is 0 Å². The molecule has 168 valence electrons. The van der Waals surface area contributed by atoms with Gasteiger partial charge in [-0.15, -0.1) is 11.3 Å². The van der Waals surface area contributed by atoms with Crippen LogP contribution in [0.1, 0.15) is 41.4 Å². The van der Waals surface area contributed by atoms with Gasteiger partial charge in [0.2, 0.25) is 0 Å². The van der Waals surface area contributed by atoms with E-state index in [1.165, 1.54) is 23.0 Å². The predicted molar refractivity (Wildman–Crippen MR) is 126 cm³/mol. The Labute approximate surface area is 189 Å². The van der Waals surface area contributed by atoms with Crippen LogP contribution in [0, 0.1) is 19.8 Å². The SMILES string of the molecule is Cc1n[nH]c(C)c1Cc1sc2c(c1-c1ccnc(CO)c1)c(=O)n(C)c(=O)n2CC(C)C. The second-order valence-electron chi connectivity index (χ2n) is 8.51. The lowest BCUT2D eigenvalue weighted by molar-refractivity contribution is 0.277. The average molecular weight is 454 g/mol. The largest absolute Gasteiger partial charge is 0.390 e. The average Bonchev–Trinajstić information content (AvgIpc) is 3.30. The first-order valence-corrected chi connectivity index (χ1v) is 11.4. The number of hydrogen-bond donors (Lipinski definition) is 2. The van der Waals surface area contributed by atoms with Crippen molar-refractivity contribution in [3.05, 3.63) is 66.7 Å². The van der Waals surface area contributed by atoms with Crippen molar-refractivity contribution in [3.63, 3.8) is 0 Å². The van der Waals surface area contributed by atoms with Crippen LogP contribution in [0.3, 0.4) is 0 Å². The molecule has 0 spiro atoms. The summed E-state index contributed by atoms with van der Waals surface area (Å²) in [5.74, 6) is 0.239. The van der Waals surface area contributed by atoms with Crippen molar-refractivity contribution in [1.82, 2.24) is 24.3 Å². The van der Waals surface area contributed by atoms with Crippen molar-refractivity contribution in [2.45, 2.75) is 47.3 Å². The van der Waals surface area contributed by atoms with Crippen LogP contribution in [0.25, 0.3) is 21.3 Å². The molecule has 0 saturated carbocycles. The van der Waals surface area contributed by atoms with Gasteiger partial charge in [0.15, 0.2) is 0 Å². The van der Waals surface area contributed by atoms with Crippen LogP contribution < -0.4 is 11.2 Å². The summed E-state index contributed by atoms with van der Waals surface area (Å²) in [7, 11) is 1.53. The van der Waals surface area contributed by atoms with Crippen LogP contribution in [0.4, 0.5) is 0 Å². The van der Waals surface area contributed by atoms with Crippen LogP contribution in [0.15, 0.2) is 27.9 Å². The molecule has 0 atom stereocenters. The number of nitrogens with zero attached hydrogens (tertiary/aromatic N) is 4. The Morgan fingerprint density at radius 2 is 2.00 bits per heavy atom. The topological polar surface area (TPSA) is 106 Å². The molecule has 4 rings (SSSR count). The second kappa shape index (κ2) is 8.48. The third-order valence-electron chi connectivity index (χ3n) is 5.68. The van der Waals surface area contributed by atoms with Gasteiger partial charge in [0, 0.05) is 47.9 Å². The number of pyridine rings is 1. The summed E-state index contributed by atoms with van der Waals surface area (Å²) >= 11 is 1.48. The molecule has 4 aromatic rings. The smallest absolute Gasteiger partial charge is 0.331 e. The summed E-state index contributed by atoms with van der Waals surface area (Å²) in [6.45, 7) is 8.36. The van der Waals surface area contributed by atoms with Gasteiger partial charge in [0.25, 0.3) is 5.56 Å². The number of fused-ring (bicyclic) bond motifs is 1. The van der Waals surface area contributed by atoms with E-state index in [2.05, 4.69) is 15.2 Å². The number of aromatic amines is 1. The van der Waals surface area contributed by atoms with Crippen LogP contribution in [0.5, 0.6) is 0 Å². The summed E-state index contributed by atoms with van der Waals surface area (Å²) in [5.41, 5.74) is 4.45. The van der Waals surface area contributed by atoms with E-state index in [1.54, 1.807) is 16.8 Å². The highest BCUT2D eigenvalue weighted by atomic mass is 32.1. The maximum absolute atomic E-state index is 13.4. The molecule has 32 heavy (non-hydrogen) atoms. The van der Waals surface area contributed by atoms with E-state index in [4.69, 9.17) is 0 Å². The Kier molecular flexibility index (Phi) is 5.87. The number of hydrogen-bond acceptors (Lipinski definition) is 6. The lowest BCUT2D eigenvalue weighted by Crippen LogP contribution is -2.38. The van der Waals surface area contributed by atoms with Crippen LogP contribution in [-0.2, 0) is 26.6 Å². The molecular weight excluding hydrogens is 426 g/mol. The van der Waals surface area contributed by atoms with Crippen LogP contribution in [0.2, 0.25) is 0 Å². The summed E-state index contributed by atoms with van der Waals surface area (Å²) in [5, 5.41) is 17.5. The van der Waals surface area contributed by atoms with Gasteiger partial charge >= 0.3 is 5.69 Å². The highest BCUT2D eigenvalue weighted by molar-refractivity contribution is 7.19. The molecule has 0 amide bonds. The van der Waals surface area contributed by atoms with Crippen molar-refractivity contribution in [2.75, 3.05) is 0 Å². The monoisotopic (exact) mass is 453 g/mol. The van der Waals surface area contributed by atoms with Crippen molar-refractivity contribution in [3.8, 4) is 11.1 Å². The Bertz CT molecular complexity index is 1400. The first-order valence-electron chi connectivity index (χ1n) is 10.5. The summed E-state index contributed by atoms with van der Waals surface area (Å²) in [6, 6.07) is 3.65. The van der Waals surface area contributed by atoms with E-state index in [-0.39, 0.29) is 23.8 Å². The zero-order valence-electron chi connectivity index (χ0n) is 18.9. The highest BCUT2D eigenvalue weighted by Crippen LogP contribution is 2.39. The van der Waals surface area contributed by atoms with Crippen molar-refractivity contribution in [1.29, 1.82) is 0 Å². The van der Waals surface area contributed by atoms with Gasteiger partial charge in [0.1, 0.15) is 4.83 Å². The van der Waals surface area contributed by atoms with E-state index in [0.29, 0.717) is 28.9 Å². The van der Waals surface area contributed by atoms with Gasteiger partial charge in [-0.3, -0.25) is 24.0 Å². The number of aromatic nitrogens is 5. The van der Waals surface area contributed by atoms with Crippen molar-refractivity contribution in [2.24, 2.45) is 13.0 Å². The fraction of sp³-hybridized carbons (Fsp3) is 0.391. The number of H-pyrrole nitrogens is 1. The molecule has 0 bridgehead atoms. The third kappa shape index (κ3) is 3.71. The maximum Gasteiger partial charge on any atom is 0.331 e. The first kappa shape index (κ1) is 22.2. The minimum absolute atomic E-state index is 0.193. The molecule has 0 radical (unpaired) electrons. The zero-order chi connectivity index (χ0) is 23.2. The molecule has 0 unspecified atom stereocenters. The molecule has 2 N–H and O–H groups in total. The fourth-order valence-electron chi connectivity index (χ4n) is 4.05. The molecule has 4 heterocycles. The van der Waals surface area contributed by atoms with E-state index in [0.717, 1.165) is 33.0 Å². The molecule has 0 aliphatic rings.